The zero-order chi connectivity index (χ0) is 58.2. The molecule has 0 radical (unpaired) electrons. The molecule has 0 spiro atoms. The van der Waals surface area contributed by atoms with Crippen LogP contribution < -0.4 is 0 Å². The van der Waals surface area contributed by atoms with Crippen molar-refractivity contribution in [3.8, 4) is 0 Å². The van der Waals surface area contributed by atoms with Crippen LogP contribution in [0.5, 0.6) is 0 Å². The predicted molar refractivity (Wildman–Crippen MR) is 368 cm³/mol. The van der Waals surface area contributed by atoms with Crippen molar-refractivity contribution in [2.75, 3.05) is 6.54 Å². The maximum Gasteiger partial charge on any atom is 0.0150 e. The van der Waals surface area contributed by atoms with Crippen molar-refractivity contribution in [3.05, 3.63) is 5.21 Å². The van der Waals surface area contributed by atoms with E-state index in [0.29, 0.717) is 5.92 Å². The summed E-state index contributed by atoms with van der Waals surface area (Å²) in [7, 11) is 0. The molecule has 0 aromatic rings. The first-order valence-electron chi connectivity index (χ1n) is 38.9. The van der Waals surface area contributed by atoms with Crippen LogP contribution in [0.1, 0.15) is 479 Å². The Kier molecular flexibility index (Phi) is 64.8. The van der Waals surface area contributed by atoms with Crippen molar-refractivity contribution < 1.29 is 0 Å². The highest BCUT2D eigenvalue weighted by molar-refractivity contribution is 5.09. The average molecular weight is 1130 g/mol. The molecule has 0 N–H and O–H groups in total. The predicted octanol–water partition coefficient (Wildman–Crippen LogP) is 29.4. The van der Waals surface area contributed by atoms with E-state index in [0.717, 1.165) is 13.0 Å². The molecule has 0 bridgehead atoms. The maximum atomic E-state index is 16.2. The average Bonchev–Trinajstić information content (AvgIpc) is 3.63. The monoisotopic (exact) mass is 1130 g/mol. The van der Waals surface area contributed by atoms with Gasteiger partial charge in [0.05, 0.1) is 0 Å². The van der Waals surface area contributed by atoms with Crippen LogP contribution in [0.25, 0.3) is 0 Å². The van der Waals surface area contributed by atoms with Gasteiger partial charge < -0.3 is 10.3 Å². The molecule has 0 aromatic heterocycles. The van der Waals surface area contributed by atoms with Crippen molar-refractivity contribution >= 4 is 0 Å². The fourth-order valence-corrected chi connectivity index (χ4v) is 15.0. The molecule has 0 aliphatic carbocycles. The van der Waals surface area contributed by atoms with E-state index in [4.69, 9.17) is 0 Å². The molecule has 0 rings (SSSR count). The second kappa shape index (κ2) is 64.9. The van der Waals surface area contributed by atoms with Gasteiger partial charge in [-0.25, -0.2) is 0 Å². The SMILES string of the molecule is CCCCCCCCCCCCC(CCCCCCCCCCCC)C(CCCCCCCCCCCC)(CCCCCCCCCCCC)C(CCCCCCCCCCCC)(CCCCCCCCCCCC)N([O-])CCC. The fraction of sp³-hybridized carbons (Fsp3) is 1.00. The highest BCUT2D eigenvalue weighted by atomic mass is 16.5. The van der Waals surface area contributed by atoms with Crippen LogP contribution >= 0.6 is 0 Å². The Balaban J connectivity index is 7.40. The number of hydroxylamine groups is 2. The van der Waals surface area contributed by atoms with Gasteiger partial charge in [-0.3, -0.25) is 0 Å². The van der Waals surface area contributed by atoms with Gasteiger partial charge in [0.1, 0.15) is 0 Å². The largest absolute Gasteiger partial charge is 0.785 e. The summed E-state index contributed by atoms with van der Waals surface area (Å²) in [5, 5.41) is 18.1. The van der Waals surface area contributed by atoms with Crippen LogP contribution in [0.15, 0.2) is 0 Å². The summed E-state index contributed by atoms with van der Waals surface area (Å²) >= 11 is 0. The molecule has 80 heavy (non-hydrogen) atoms. The molecule has 2 heteroatoms. The molecule has 0 saturated carbocycles. The molecular weight excluding hydrogens is 967 g/mol. The maximum absolute atomic E-state index is 16.2. The molecule has 0 aliphatic heterocycles. The van der Waals surface area contributed by atoms with Crippen LogP contribution in [-0.2, 0) is 0 Å². The van der Waals surface area contributed by atoms with E-state index >= 15 is 5.21 Å². The lowest BCUT2D eigenvalue weighted by Gasteiger charge is -2.64. The van der Waals surface area contributed by atoms with Gasteiger partial charge >= 0.3 is 0 Å². The number of hydrogen-bond donors (Lipinski definition) is 0. The van der Waals surface area contributed by atoms with Gasteiger partial charge in [-0.2, -0.15) is 0 Å². The van der Waals surface area contributed by atoms with E-state index in [2.05, 4.69) is 48.5 Å². The standard InChI is InChI=1S/C78H158NO/c1-8-15-21-27-33-39-45-51-57-63-69-76(70-64-58-52-46-40-34-28-22-16-9-2)77(71-65-59-53-47-41-35-29-23-17-10-3,72-66-60-54-48-42-36-30-24-18-11-4)78(79(80)75-14-7,73-67-61-55-49-43-37-31-25-19-12-5)74-68-62-56-50-44-38-32-26-20-13-6/h76H,8-75H2,1-7H3/q-1. The van der Waals surface area contributed by atoms with Gasteiger partial charge in [0.15, 0.2) is 0 Å². The van der Waals surface area contributed by atoms with Gasteiger partial charge in [-0.1, -0.05) is 434 Å². The van der Waals surface area contributed by atoms with E-state index in [1.165, 1.54) is 424 Å². The van der Waals surface area contributed by atoms with Gasteiger partial charge in [0, 0.05) is 5.54 Å². The normalized spacial score (nSPS) is 12.4. The van der Waals surface area contributed by atoms with Gasteiger partial charge in [-0.15, -0.1) is 0 Å². The summed E-state index contributed by atoms with van der Waals surface area (Å²) in [4.78, 5) is 0. The first kappa shape index (κ1) is 79.9. The molecule has 2 nitrogen and oxygen atoms in total. The Bertz CT molecular complexity index is 1040. The highest BCUT2D eigenvalue weighted by Gasteiger charge is 2.53. The Morgan fingerprint density at radius 2 is 0.388 bits per heavy atom. The van der Waals surface area contributed by atoms with Crippen LogP contribution in [0.4, 0.5) is 0 Å². The molecule has 482 valence electrons. The Hall–Kier alpha value is -0.0800. The van der Waals surface area contributed by atoms with E-state index in [1.54, 1.807) is 0 Å². The number of nitrogens with zero attached hydrogens (tertiary/aromatic N) is 1. The van der Waals surface area contributed by atoms with Gasteiger partial charge in [0.25, 0.3) is 0 Å². The van der Waals surface area contributed by atoms with Crippen molar-refractivity contribution in [3.63, 3.8) is 0 Å². The smallest absolute Gasteiger partial charge is 0.0150 e. The van der Waals surface area contributed by atoms with E-state index in [-0.39, 0.29) is 11.0 Å². The van der Waals surface area contributed by atoms with E-state index in [1.807, 2.05) is 5.06 Å². The second-order valence-electron chi connectivity index (χ2n) is 27.7. The summed E-state index contributed by atoms with van der Waals surface area (Å²) in [5.41, 5.74) is -0.120. The molecular formula is C78H158NO-. The minimum absolute atomic E-state index is 0.112. The molecule has 0 amide bonds. The minimum Gasteiger partial charge on any atom is -0.785 e. The first-order chi connectivity index (χ1) is 39.5. The number of unbranched alkanes of at least 4 members (excludes halogenated alkanes) is 54. The lowest BCUT2D eigenvalue weighted by Crippen LogP contribution is -2.61. The van der Waals surface area contributed by atoms with Crippen LogP contribution in [0, 0.1) is 16.5 Å². The zero-order valence-electron chi connectivity index (χ0n) is 57.5. The lowest BCUT2D eigenvalue weighted by molar-refractivity contribution is -0.0876. The molecule has 0 fully saturated rings. The zero-order valence-corrected chi connectivity index (χ0v) is 57.5. The molecule has 0 atom stereocenters. The topological polar surface area (TPSA) is 26.3 Å². The third kappa shape index (κ3) is 46.2. The second-order valence-corrected chi connectivity index (χ2v) is 27.7. The Labute approximate surface area is 509 Å². The highest BCUT2D eigenvalue weighted by Crippen LogP contribution is 2.58. The van der Waals surface area contributed by atoms with Crippen molar-refractivity contribution in [2.24, 2.45) is 11.3 Å². The lowest BCUT2D eigenvalue weighted by atomic mass is 9.52. The third-order valence-electron chi connectivity index (χ3n) is 20.3. The minimum atomic E-state index is -0.233. The van der Waals surface area contributed by atoms with Crippen LogP contribution in [-0.4, -0.2) is 17.1 Å². The fourth-order valence-electron chi connectivity index (χ4n) is 15.0. The van der Waals surface area contributed by atoms with Gasteiger partial charge in [0.2, 0.25) is 0 Å². The quantitative estimate of drug-likeness (QED) is 0.0448. The van der Waals surface area contributed by atoms with Gasteiger partial charge in [-0.05, 0) is 62.8 Å². The molecule has 0 saturated heterocycles. The Morgan fingerprint density at radius 3 is 0.588 bits per heavy atom. The summed E-state index contributed by atoms with van der Waals surface area (Å²) in [6.45, 7) is 17.2. The van der Waals surface area contributed by atoms with E-state index in [9.17, 15) is 0 Å². The van der Waals surface area contributed by atoms with Crippen molar-refractivity contribution in [2.45, 2.75) is 484 Å². The molecule has 0 aromatic carbocycles. The number of hydrogen-bond acceptors (Lipinski definition) is 2. The molecule has 0 aliphatic rings. The third-order valence-corrected chi connectivity index (χ3v) is 20.3. The van der Waals surface area contributed by atoms with Crippen LogP contribution in [0.3, 0.4) is 0 Å². The van der Waals surface area contributed by atoms with Crippen molar-refractivity contribution in [1.82, 2.24) is 5.06 Å². The van der Waals surface area contributed by atoms with Crippen LogP contribution in [0.2, 0.25) is 0 Å². The summed E-state index contributed by atoms with van der Waals surface area (Å²) in [6, 6.07) is 0. The summed E-state index contributed by atoms with van der Waals surface area (Å²) < 4.78 is 0. The van der Waals surface area contributed by atoms with E-state index < -0.39 is 0 Å². The number of rotatable bonds is 71. The first-order valence-corrected chi connectivity index (χ1v) is 38.9. The Morgan fingerprint density at radius 1 is 0.212 bits per heavy atom. The van der Waals surface area contributed by atoms with Crippen molar-refractivity contribution in [1.29, 1.82) is 0 Å². The summed E-state index contributed by atoms with van der Waals surface area (Å²) in [6.07, 6.45) is 93.0. The molecule has 0 unspecified atom stereocenters. The summed E-state index contributed by atoms with van der Waals surface area (Å²) in [5.74, 6) is 0.683. The molecule has 0 heterocycles.